The maximum Gasteiger partial charge on any atom is 0.194 e. The topological polar surface area (TPSA) is 3.88 Å². The van der Waals surface area contributed by atoms with Crippen molar-refractivity contribution in [2.24, 2.45) is 0 Å². The smallest absolute Gasteiger partial charge is 0.194 e. The van der Waals surface area contributed by atoms with E-state index in [4.69, 9.17) is 0 Å². The maximum atomic E-state index is 12.9. The van der Waals surface area contributed by atoms with Gasteiger partial charge in [-0.1, -0.05) is 6.07 Å². The van der Waals surface area contributed by atoms with Crippen LogP contribution in [-0.2, 0) is 6.54 Å². The molecule has 4 heteroatoms. The summed E-state index contributed by atoms with van der Waals surface area (Å²) in [4.78, 5) is 0. The van der Waals surface area contributed by atoms with Crippen molar-refractivity contribution in [3.8, 4) is 0 Å². The predicted molar refractivity (Wildman–Crippen MR) is 52.1 cm³/mol. The monoisotopic (exact) mass is 224 g/mol. The van der Waals surface area contributed by atoms with Gasteiger partial charge in [-0.2, -0.15) is 0 Å². The molecule has 2 aromatic rings. The van der Waals surface area contributed by atoms with Crippen LogP contribution in [0.4, 0.5) is 13.2 Å². The standard InChI is InChI=1S/C12H9F3N/c13-10-6-9(7-11(14)12(10)15)8-16-4-2-1-3-5-16/h1-7H,8H2/q+1. The van der Waals surface area contributed by atoms with E-state index < -0.39 is 17.5 Å². The van der Waals surface area contributed by atoms with Gasteiger partial charge in [0.25, 0.3) is 0 Å². The predicted octanol–water partition coefficient (Wildman–Crippen LogP) is 2.44. The molecule has 1 nitrogen and oxygen atoms in total. The molecule has 0 bridgehead atoms. The van der Waals surface area contributed by atoms with E-state index in [-0.39, 0.29) is 0 Å². The van der Waals surface area contributed by atoms with E-state index in [1.54, 1.807) is 29.1 Å². The van der Waals surface area contributed by atoms with Gasteiger partial charge in [0.15, 0.2) is 36.4 Å². The maximum absolute atomic E-state index is 12.9. The molecule has 2 rings (SSSR count). The van der Waals surface area contributed by atoms with E-state index in [0.717, 1.165) is 12.1 Å². The minimum atomic E-state index is -1.43. The third kappa shape index (κ3) is 2.21. The highest BCUT2D eigenvalue weighted by Gasteiger charge is 2.12. The fourth-order valence-electron chi connectivity index (χ4n) is 1.45. The Kier molecular flexibility index (Phi) is 2.90. The van der Waals surface area contributed by atoms with Gasteiger partial charge in [-0.15, -0.1) is 0 Å². The van der Waals surface area contributed by atoms with Crippen LogP contribution in [0, 0.1) is 17.5 Å². The van der Waals surface area contributed by atoms with Crippen LogP contribution in [0.2, 0.25) is 0 Å². The summed E-state index contributed by atoms with van der Waals surface area (Å²) < 4.78 is 40.3. The first-order valence-corrected chi connectivity index (χ1v) is 4.74. The molecule has 0 aliphatic rings. The van der Waals surface area contributed by atoms with E-state index in [9.17, 15) is 13.2 Å². The average Bonchev–Trinajstić information content (AvgIpc) is 2.27. The van der Waals surface area contributed by atoms with E-state index >= 15 is 0 Å². The highest BCUT2D eigenvalue weighted by molar-refractivity contribution is 5.18. The van der Waals surface area contributed by atoms with Crippen LogP contribution >= 0.6 is 0 Å². The molecule has 0 unspecified atom stereocenters. The molecule has 0 fully saturated rings. The number of hydrogen-bond donors (Lipinski definition) is 0. The Labute approximate surface area is 90.8 Å². The highest BCUT2D eigenvalue weighted by atomic mass is 19.2. The van der Waals surface area contributed by atoms with Crippen LogP contribution in [-0.4, -0.2) is 0 Å². The van der Waals surface area contributed by atoms with Crippen LogP contribution in [0.15, 0.2) is 42.7 Å². The minimum Gasteiger partial charge on any atom is -0.204 e. The molecule has 0 N–H and O–H groups in total. The second-order valence-electron chi connectivity index (χ2n) is 3.42. The van der Waals surface area contributed by atoms with Gasteiger partial charge in [-0.3, -0.25) is 0 Å². The minimum absolute atomic E-state index is 0.301. The number of pyridine rings is 1. The second-order valence-corrected chi connectivity index (χ2v) is 3.42. The summed E-state index contributed by atoms with van der Waals surface area (Å²) >= 11 is 0. The molecule has 16 heavy (non-hydrogen) atoms. The molecule has 1 aromatic carbocycles. The lowest BCUT2D eigenvalue weighted by atomic mass is 10.2. The summed E-state index contributed by atoms with van der Waals surface area (Å²) in [6.07, 6.45) is 3.53. The van der Waals surface area contributed by atoms with E-state index in [1.807, 2.05) is 6.07 Å². The third-order valence-electron chi connectivity index (χ3n) is 2.19. The van der Waals surface area contributed by atoms with Crippen molar-refractivity contribution in [3.63, 3.8) is 0 Å². The van der Waals surface area contributed by atoms with Crippen molar-refractivity contribution in [1.29, 1.82) is 0 Å². The number of rotatable bonds is 2. The molecular formula is C12H9F3N+. The quantitative estimate of drug-likeness (QED) is 0.545. The Morgan fingerprint density at radius 1 is 0.875 bits per heavy atom. The van der Waals surface area contributed by atoms with Gasteiger partial charge in [-0.05, 0) is 12.1 Å². The molecule has 0 aliphatic heterocycles. The first-order chi connectivity index (χ1) is 7.66. The van der Waals surface area contributed by atoms with Crippen molar-refractivity contribution in [2.75, 3.05) is 0 Å². The lowest BCUT2D eigenvalue weighted by molar-refractivity contribution is -0.688. The summed E-state index contributed by atoms with van der Waals surface area (Å²) in [5, 5.41) is 0. The molecule has 82 valence electrons. The molecule has 0 aliphatic carbocycles. The van der Waals surface area contributed by atoms with Crippen LogP contribution < -0.4 is 4.57 Å². The Morgan fingerprint density at radius 3 is 2.00 bits per heavy atom. The lowest BCUT2D eigenvalue weighted by Gasteiger charge is -2.00. The number of hydrogen-bond acceptors (Lipinski definition) is 0. The van der Waals surface area contributed by atoms with E-state index in [0.29, 0.717) is 12.1 Å². The number of aromatic nitrogens is 1. The molecule has 0 saturated heterocycles. The summed E-state index contributed by atoms with van der Waals surface area (Å²) in [5.41, 5.74) is 0.382. The zero-order valence-corrected chi connectivity index (χ0v) is 8.33. The summed E-state index contributed by atoms with van der Waals surface area (Å²) in [6, 6.07) is 7.44. The largest absolute Gasteiger partial charge is 0.204 e. The van der Waals surface area contributed by atoms with Gasteiger partial charge in [0.1, 0.15) is 0 Å². The fraction of sp³-hybridized carbons (Fsp3) is 0.0833. The molecular weight excluding hydrogens is 215 g/mol. The van der Waals surface area contributed by atoms with Gasteiger partial charge in [0, 0.05) is 17.7 Å². The van der Waals surface area contributed by atoms with Crippen LogP contribution in [0.25, 0.3) is 0 Å². The Balaban J connectivity index is 2.29. The van der Waals surface area contributed by atoms with Crippen molar-refractivity contribution in [3.05, 3.63) is 65.7 Å². The molecule has 1 aromatic heterocycles. The summed E-state index contributed by atoms with van der Waals surface area (Å²) in [5.74, 6) is -3.75. The number of benzene rings is 1. The molecule has 0 saturated carbocycles. The first-order valence-electron chi connectivity index (χ1n) is 4.74. The van der Waals surface area contributed by atoms with Crippen LogP contribution in [0.3, 0.4) is 0 Å². The first kappa shape index (κ1) is 10.7. The lowest BCUT2D eigenvalue weighted by Crippen LogP contribution is -2.32. The van der Waals surface area contributed by atoms with Gasteiger partial charge >= 0.3 is 0 Å². The molecule has 0 spiro atoms. The summed E-state index contributed by atoms with van der Waals surface area (Å²) in [6.45, 7) is 0.301. The Bertz CT molecular complexity index is 474. The molecule has 1 heterocycles. The molecule has 0 radical (unpaired) electrons. The van der Waals surface area contributed by atoms with Gasteiger partial charge in [0.05, 0.1) is 0 Å². The van der Waals surface area contributed by atoms with Gasteiger partial charge in [0.2, 0.25) is 0 Å². The van der Waals surface area contributed by atoms with Crippen molar-refractivity contribution < 1.29 is 17.7 Å². The van der Waals surface area contributed by atoms with Gasteiger partial charge < -0.3 is 0 Å². The number of halogens is 3. The zero-order chi connectivity index (χ0) is 11.5. The highest BCUT2D eigenvalue weighted by Crippen LogP contribution is 2.13. The SMILES string of the molecule is Fc1cc(C[n+]2ccccc2)cc(F)c1F. The summed E-state index contributed by atoms with van der Waals surface area (Å²) in [7, 11) is 0. The third-order valence-corrected chi connectivity index (χ3v) is 2.19. The van der Waals surface area contributed by atoms with E-state index in [2.05, 4.69) is 0 Å². The zero-order valence-electron chi connectivity index (χ0n) is 8.33. The van der Waals surface area contributed by atoms with Crippen LogP contribution in [0.5, 0.6) is 0 Å². The molecule has 0 atom stereocenters. The molecule has 0 amide bonds. The number of nitrogens with zero attached hydrogens (tertiary/aromatic N) is 1. The normalized spacial score (nSPS) is 10.4. The second kappa shape index (κ2) is 4.35. The Hall–Kier alpha value is -1.84. The van der Waals surface area contributed by atoms with E-state index in [1.165, 1.54) is 0 Å². The van der Waals surface area contributed by atoms with Gasteiger partial charge in [-0.25, -0.2) is 17.7 Å². The van der Waals surface area contributed by atoms with Crippen molar-refractivity contribution in [2.45, 2.75) is 6.54 Å². The van der Waals surface area contributed by atoms with Crippen molar-refractivity contribution in [1.82, 2.24) is 0 Å². The van der Waals surface area contributed by atoms with Crippen molar-refractivity contribution >= 4 is 0 Å². The Morgan fingerprint density at radius 2 is 1.44 bits per heavy atom. The van der Waals surface area contributed by atoms with Crippen LogP contribution in [0.1, 0.15) is 5.56 Å². The average molecular weight is 224 g/mol. The fourth-order valence-corrected chi connectivity index (χ4v) is 1.45.